The van der Waals surface area contributed by atoms with E-state index in [1.54, 1.807) is 0 Å². The van der Waals surface area contributed by atoms with E-state index in [2.05, 4.69) is 45.9 Å². The van der Waals surface area contributed by atoms with Crippen LogP contribution in [-0.2, 0) is 14.3 Å². The molecule has 0 heterocycles. The maximum absolute atomic E-state index is 12.5. The number of allylic oxidation sites excluding steroid dienone is 7. The molecule has 1 N–H and O–H groups in total. The molecule has 29 heavy (non-hydrogen) atoms. The zero-order valence-corrected chi connectivity index (χ0v) is 19.4. The Morgan fingerprint density at radius 2 is 1.52 bits per heavy atom. The summed E-state index contributed by atoms with van der Waals surface area (Å²) in [5, 5.41) is 10.7. The molecular formula is C25H40O4. The monoisotopic (exact) mass is 404 g/mol. The van der Waals surface area contributed by atoms with Crippen LogP contribution in [0.5, 0.6) is 0 Å². The summed E-state index contributed by atoms with van der Waals surface area (Å²) in [7, 11) is 2.90. The Bertz CT molecular complexity index is 666. The maximum Gasteiger partial charge on any atom is 0.204 e. The summed E-state index contributed by atoms with van der Waals surface area (Å²) < 4.78 is 10.4. The van der Waals surface area contributed by atoms with Crippen LogP contribution in [0, 0.1) is 11.8 Å². The highest BCUT2D eigenvalue weighted by Crippen LogP contribution is 2.35. The third-order valence-electron chi connectivity index (χ3n) is 5.96. The van der Waals surface area contributed by atoms with Gasteiger partial charge in [-0.3, -0.25) is 4.79 Å². The summed E-state index contributed by atoms with van der Waals surface area (Å²) in [5.74, 6) is -0.204. The number of carbonyl (C=O) groups excluding carboxylic acids is 1. The molecule has 1 aliphatic rings. The van der Waals surface area contributed by atoms with Gasteiger partial charge in [-0.2, -0.15) is 0 Å². The summed E-state index contributed by atoms with van der Waals surface area (Å²) in [6, 6.07) is 0. The predicted molar refractivity (Wildman–Crippen MR) is 119 cm³/mol. The molecular weight excluding hydrogens is 364 g/mol. The van der Waals surface area contributed by atoms with Gasteiger partial charge in [-0.05, 0) is 59.3 Å². The minimum Gasteiger partial charge on any atom is -0.494 e. The highest BCUT2D eigenvalue weighted by molar-refractivity contribution is 5.97. The first-order valence-electron chi connectivity index (χ1n) is 10.8. The van der Waals surface area contributed by atoms with Crippen molar-refractivity contribution in [1.82, 2.24) is 0 Å². The van der Waals surface area contributed by atoms with Crippen LogP contribution in [0.25, 0.3) is 0 Å². The van der Waals surface area contributed by atoms with Crippen LogP contribution in [-0.4, -0.2) is 31.2 Å². The summed E-state index contributed by atoms with van der Waals surface area (Å²) in [6.45, 7) is 10.5. The summed E-state index contributed by atoms with van der Waals surface area (Å²) >= 11 is 0. The molecule has 1 rings (SSSR count). The molecule has 4 nitrogen and oxygen atoms in total. The van der Waals surface area contributed by atoms with Crippen molar-refractivity contribution >= 4 is 5.78 Å². The lowest BCUT2D eigenvalue weighted by molar-refractivity contribution is -0.128. The first-order valence-corrected chi connectivity index (χ1v) is 10.8. The fourth-order valence-corrected chi connectivity index (χ4v) is 3.65. The van der Waals surface area contributed by atoms with E-state index in [0.29, 0.717) is 6.42 Å². The number of aliphatic hydroxyl groups excluding tert-OH is 1. The summed E-state index contributed by atoms with van der Waals surface area (Å²) in [6.07, 6.45) is 12.0. The van der Waals surface area contributed by atoms with E-state index in [1.807, 2.05) is 6.92 Å². The largest absolute Gasteiger partial charge is 0.494 e. The van der Waals surface area contributed by atoms with Crippen molar-refractivity contribution in [3.05, 3.63) is 46.5 Å². The summed E-state index contributed by atoms with van der Waals surface area (Å²) in [4.78, 5) is 12.5. The van der Waals surface area contributed by atoms with Gasteiger partial charge < -0.3 is 14.6 Å². The fraction of sp³-hybridized carbons (Fsp3) is 0.640. The minimum absolute atomic E-state index is 0.100. The Morgan fingerprint density at radius 3 is 2.03 bits per heavy atom. The molecule has 4 heteroatoms. The topological polar surface area (TPSA) is 55.8 Å². The zero-order valence-electron chi connectivity index (χ0n) is 19.4. The number of ketones is 1. The van der Waals surface area contributed by atoms with Crippen molar-refractivity contribution in [2.75, 3.05) is 14.2 Å². The van der Waals surface area contributed by atoms with Gasteiger partial charge in [0.15, 0.2) is 5.76 Å². The number of hydrogen-bond acceptors (Lipinski definition) is 4. The Morgan fingerprint density at radius 1 is 0.966 bits per heavy atom. The maximum atomic E-state index is 12.5. The number of methoxy groups -OCH3 is 2. The van der Waals surface area contributed by atoms with Crippen molar-refractivity contribution in [2.24, 2.45) is 11.8 Å². The van der Waals surface area contributed by atoms with Gasteiger partial charge in [0, 0.05) is 11.8 Å². The average molecular weight is 405 g/mol. The Kier molecular flexibility index (Phi) is 11.0. The number of hydrogen-bond donors (Lipinski definition) is 1. The first-order chi connectivity index (χ1) is 13.8. The van der Waals surface area contributed by atoms with Crippen LogP contribution in [0.2, 0.25) is 0 Å². The lowest BCUT2D eigenvalue weighted by atomic mass is 9.77. The van der Waals surface area contributed by atoms with E-state index in [1.165, 1.54) is 30.9 Å². The van der Waals surface area contributed by atoms with Gasteiger partial charge in [-0.1, -0.05) is 48.8 Å². The highest BCUT2D eigenvalue weighted by Gasteiger charge is 2.42. The van der Waals surface area contributed by atoms with E-state index < -0.39 is 6.10 Å². The zero-order chi connectivity index (χ0) is 22.0. The van der Waals surface area contributed by atoms with Gasteiger partial charge in [-0.15, -0.1) is 0 Å². The van der Waals surface area contributed by atoms with E-state index >= 15 is 0 Å². The van der Waals surface area contributed by atoms with Crippen LogP contribution in [0.15, 0.2) is 46.5 Å². The Balaban J connectivity index is 2.61. The second-order valence-electron chi connectivity index (χ2n) is 8.18. The van der Waals surface area contributed by atoms with Gasteiger partial charge in [0.2, 0.25) is 11.5 Å². The molecule has 0 amide bonds. The molecule has 0 bridgehead atoms. The predicted octanol–water partition coefficient (Wildman–Crippen LogP) is 5.89. The van der Waals surface area contributed by atoms with Gasteiger partial charge in [0.1, 0.15) is 6.10 Å². The minimum atomic E-state index is -0.825. The molecule has 0 saturated heterocycles. The van der Waals surface area contributed by atoms with E-state index in [4.69, 9.17) is 9.47 Å². The van der Waals surface area contributed by atoms with Crippen LogP contribution >= 0.6 is 0 Å². The molecule has 0 aromatic rings. The van der Waals surface area contributed by atoms with Crippen LogP contribution in [0.3, 0.4) is 0 Å². The molecule has 0 spiro atoms. The van der Waals surface area contributed by atoms with E-state index in [0.717, 1.165) is 32.1 Å². The molecule has 0 saturated carbocycles. The molecule has 0 aromatic heterocycles. The molecule has 3 atom stereocenters. The fourth-order valence-electron chi connectivity index (χ4n) is 3.65. The number of Topliss-reactive ketones (excluding diaryl/α,β-unsaturated/α-hetero) is 1. The molecule has 0 aliphatic heterocycles. The molecule has 0 fully saturated rings. The summed E-state index contributed by atoms with van der Waals surface area (Å²) in [5.41, 5.74) is 4.17. The SMILES string of the molecule is CC/C(C)=C/CC/C(C)=C/CC/C(C)=C/CC1C(C)C(=O)C(OC)=C(OC)C1O. The molecule has 164 valence electrons. The second kappa shape index (κ2) is 12.7. The van der Waals surface area contributed by atoms with Crippen LogP contribution < -0.4 is 0 Å². The van der Waals surface area contributed by atoms with Gasteiger partial charge in [0.25, 0.3) is 0 Å². The van der Waals surface area contributed by atoms with Gasteiger partial charge >= 0.3 is 0 Å². The molecule has 3 unspecified atom stereocenters. The normalized spacial score (nSPS) is 24.2. The van der Waals surface area contributed by atoms with Gasteiger partial charge in [0.05, 0.1) is 14.2 Å². The quantitative estimate of drug-likeness (QED) is 0.437. The van der Waals surface area contributed by atoms with Crippen LogP contribution in [0.1, 0.15) is 73.1 Å². The number of ether oxygens (including phenoxy) is 2. The number of carbonyl (C=O) groups is 1. The highest BCUT2D eigenvalue weighted by atomic mass is 16.5. The van der Waals surface area contributed by atoms with Crippen molar-refractivity contribution in [2.45, 2.75) is 79.2 Å². The molecule has 0 aromatic carbocycles. The molecule has 0 radical (unpaired) electrons. The Labute approximate surface area is 177 Å². The molecule has 1 aliphatic carbocycles. The number of aliphatic hydroxyl groups is 1. The smallest absolute Gasteiger partial charge is 0.204 e. The van der Waals surface area contributed by atoms with Crippen molar-refractivity contribution in [3.8, 4) is 0 Å². The second-order valence-corrected chi connectivity index (χ2v) is 8.18. The van der Waals surface area contributed by atoms with Crippen molar-refractivity contribution in [1.29, 1.82) is 0 Å². The lowest BCUT2D eigenvalue weighted by Gasteiger charge is -2.33. The average Bonchev–Trinajstić information content (AvgIpc) is 2.70. The third-order valence-corrected chi connectivity index (χ3v) is 5.96. The standard InChI is InChI=1S/C25H40O4/c1-8-17(2)11-9-12-18(3)13-10-14-19(4)15-16-21-20(5)22(26)24(28-6)25(29-7)23(21)27/h11,13,15,20-21,23,27H,8-10,12,14,16H2,1-7H3/b17-11+,18-13+,19-15+. The third kappa shape index (κ3) is 7.50. The first kappa shape index (κ1) is 25.2. The lowest BCUT2D eigenvalue weighted by Crippen LogP contribution is -2.40. The Hall–Kier alpha value is -1.81. The van der Waals surface area contributed by atoms with Crippen LogP contribution in [0.4, 0.5) is 0 Å². The van der Waals surface area contributed by atoms with E-state index in [-0.39, 0.29) is 29.1 Å². The van der Waals surface area contributed by atoms with Gasteiger partial charge in [-0.25, -0.2) is 0 Å². The van der Waals surface area contributed by atoms with E-state index in [9.17, 15) is 9.90 Å². The van der Waals surface area contributed by atoms with Crippen molar-refractivity contribution in [3.63, 3.8) is 0 Å². The van der Waals surface area contributed by atoms with Crippen molar-refractivity contribution < 1.29 is 19.4 Å². The number of rotatable bonds is 11.